The molecule has 3 heterocycles. The summed E-state index contributed by atoms with van der Waals surface area (Å²) in [5.41, 5.74) is 1.86. The van der Waals surface area contributed by atoms with Gasteiger partial charge in [-0.15, -0.1) is 0 Å². The molecule has 1 aliphatic heterocycles. The van der Waals surface area contributed by atoms with Gasteiger partial charge in [-0.25, -0.2) is 9.97 Å². The molecule has 0 aliphatic carbocycles. The fraction of sp³-hybridized carbons (Fsp3) is 0.368. The van der Waals surface area contributed by atoms with Crippen LogP contribution in [0.4, 0.5) is 17.5 Å². The Morgan fingerprint density at radius 2 is 1.62 bits per heavy atom. The number of aromatic nitrogens is 4. The number of hydrogen-bond acceptors (Lipinski definition) is 10. The Hall–Kier alpha value is -3.40. The number of hydrogen-bond donors (Lipinski definition) is 1. The number of anilines is 3. The maximum Gasteiger partial charge on any atom is 0.231 e. The predicted octanol–water partition coefficient (Wildman–Crippen LogP) is 2.03. The maximum atomic E-state index is 5.46. The molecule has 10 heteroatoms. The largest absolute Gasteiger partial charge is 0.493 e. The molecule has 1 fully saturated rings. The van der Waals surface area contributed by atoms with Crippen LogP contribution in [0.25, 0.3) is 11.2 Å². The second kappa shape index (κ2) is 8.31. The molecule has 0 radical (unpaired) electrons. The highest BCUT2D eigenvalue weighted by atomic mass is 16.5. The number of morpholine rings is 1. The van der Waals surface area contributed by atoms with Crippen LogP contribution in [0.2, 0.25) is 0 Å². The van der Waals surface area contributed by atoms with Gasteiger partial charge in [0.1, 0.15) is 0 Å². The maximum absolute atomic E-state index is 5.46. The minimum Gasteiger partial charge on any atom is -0.493 e. The van der Waals surface area contributed by atoms with E-state index >= 15 is 0 Å². The third-order valence-corrected chi connectivity index (χ3v) is 4.55. The van der Waals surface area contributed by atoms with E-state index in [0.29, 0.717) is 53.3 Å². The summed E-state index contributed by atoms with van der Waals surface area (Å²) in [5.74, 6) is 2.70. The molecule has 0 spiro atoms. The van der Waals surface area contributed by atoms with Gasteiger partial charge >= 0.3 is 0 Å². The molecule has 0 amide bonds. The van der Waals surface area contributed by atoms with E-state index in [-0.39, 0.29) is 0 Å². The molecule has 1 aromatic carbocycles. The van der Waals surface area contributed by atoms with E-state index in [0.717, 1.165) is 18.9 Å². The van der Waals surface area contributed by atoms with Crippen molar-refractivity contribution in [3.63, 3.8) is 0 Å². The SMILES string of the molecule is COc1cc(Nc2nc(N3CCOCC3)c3nccnc3n2)cc(OC)c1OC. The third kappa shape index (κ3) is 3.79. The molecule has 0 bridgehead atoms. The number of ether oxygens (including phenoxy) is 4. The zero-order valence-electron chi connectivity index (χ0n) is 16.5. The van der Waals surface area contributed by atoms with Crippen molar-refractivity contribution in [1.82, 2.24) is 19.9 Å². The van der Waals surface area contributed by atoms with Gasteiger partial charge in [0.15, 0.2) is 28.5 Å². The van der Waals surface area contributed by atoms with Crippen LogP contribution in [0.3, 0.4) is 0 Å². The Bertz CT molecular complexity index is 984. The monoisotopic (exact) mass is 398 g/mol. The molecule has 4 rings (SSSR count). The normalized spacial score (nSPS) is 14.0. The molecule has 10 nitrogen and oxygen atoms in total. The molecule has 0 unspecified atom stereocenters. The van der Waals surface area contributed by atoms with E-state index in [9.17, 15) is 0 Å². The molecule has 2 aromatic heterocycles. The van der Waals surface area contributed by atoms with Gasteiger partial charge < -0.3 is 29.2 Å². The number of nitrogens with one attached hydrogen (secondary N) is 1. The van der Waals surface area contributed by atoms with Crippen molar-refractivity contribution in [2.75, 3.05) is 57.8 Å². The number of rotatable bonds is 6. The van der Waals surface area contributed by atoms with Gasteiger partial charge in [-0.05, 0) is 0 Å². The standard InChI is InChI=1S/C19H22N6O4/c1-26-13-10-12(11-14(27-2)16(13)28-3)22-19-23-17-15(20-4-5-21-17)18(24-19)25-6-8-29-9-7-25/h4-5,10-11H,6-9H2,1-3H3,(H,21,22,23,24). The lowest BCUT2D eigenvalue weighted by Gasteiger charge is -2.28. The van der Waals surface area contributed by atoms with Crippen molar-refractivity contribution in [3.05, 3.63) is 24.5 Å². The summed E-state index contributed by atoms with van der Waals surface area (Å²) >= 11 is 0. The first kappa shape index (κ1) is 18.9. The van der Waals surface area contributed by atoms with Crippen molar-refractivity contribution >= 4 is 28.6 Å². The quantitative estimate of drug-likeness (QED) is 0.663. The number of fused-ring (bicyclic) bond motifs is 1. The number of nitrogens with zero attached hydrogens (tertiary/aromatic N) is 5. The van der Waals surface area contributed by atoms with Crippen LogP contribution in [0.15, 0.2) is 24.5 Å². The highest BCUT2D eigenvalue weighted by Crippen LogP contribution is 2.40. The second-order valence-corrected chi connectivity index (χ2v) is 6.24. The third-order valence-electron chi connectivity index (χ3n) is 4.55. The van der Waals surface area contributed by atoms with Gasteiger partial charge in [-0.1, -0.05) is 0 Å². The van der Waals surface area contributed by atoms with Gasteiger partial charge in [0.2, 0.25) is 11.7 Å². The second-order valence-electron chi connectivity index (χ2n) is 6.24. The molecule has 1 aliphatic rings. The van der Waals surface area contributed by atoms with E-state index in [1.54, 1.807) is 45.9 Å². The summed E-state index contributed by atoms with van der Waals surface area (Å²) in [6.07, 6.45) is 3.25. The van der Waals surface area contributed by atoms with Gasteiger partial charge in [0.25, 0.3) is 0 Å². The Morgan fingerprint density at radius 3 is 2.28 bits per heavy atom. The minimum absolute atomic E-state index is 0.397. The van der Waals surface area contributed by atoms with Crippen molar-refractivity contribution < 1.29 is 18.9 Å². The van der Waals surface area contributed by atoms with E-state index < -0.39 is 0 Å². The first-order valence-electron chi connectivity index (χ1n) is 9.12. The summed E-state index contributed by atoms with van der Waals surface area (Å²) < 4.78 is 21.7. The first-order chi connectivity index (χ1) is 14.2. The summed E-state index contributed by atoms with van der Waals surface area (Å²) in [4.78, 5) is 20.1. The van der Waals surface area contributed by atoms with E-state index in [1.165, 1.54) is 0 Å². The lowest BCUT2D eigenvalue weighted by Crippen LogP contribution is -2.37. The van der Waals surface area contributed by atoms with Crippen LogP contribution in [0.5, 0.6) is 17.2 Å². The van der Waals surface area contributed by atoms with Crippen LogP contribution in [0.1, 0.15) is 0 Å². The lowest BCUT2D eigenvalue weighted by molar-refractivity contribution is 0.122. The molecular formula is C19H22N6O4. The zero-order chi connectivity index (χ0) is 20.2. The molecule has 1 saturated heterocycles. The lowest BCUT2D eigenvalue weighted by atomic mass is 10.2. The summed E-state index contributed by atoms with van der Waals surface area (Å²) in [7, 11) is 4.70. The molecule has 152 valence electrons. The fourth-order valence-electron chi connectivity index (χ4n) is 3.18. The number of benzene rings is 1. The molecule has 29 heavy (non-hydrogen) atoms. The Morgan fingerprint density at radius 1 is 0.931 bits per heavy atom. The average Bonchev–Trinajstić information content (AvgIpc) is 2.78. The molecular weight excluding hydrogens is 376 g/mol. The van der Waals surface area contributed by atoms with Crippen LogP contribution in [-0.2, 0) is 4.74 Å². The summed E-state index contributed by atoms with van der Waals surface area (Å²) in [6.45, 7) is 2.74. The van der Waals surface area contributed by atoms with E-state index in [2.05, 4.69) is 25.2 Å². The van der Waals surface area contributed by atoms with Gasteiger partial charge in [0, 0.05) is 43.3 Å². The van der Waals surface area contributed by atoms with Crippen molar-refractivity contribution in [2.45, 2.75) is 0 Å². The Kier molecular flexibility index (Phi) is 5.43. The first-order valence-corrected chi connectivity index (χ1v) is 9.12. The van der Waals surface area contributed by atoms with Gasteiger partial charge in [0.05, 0.1) is 34.5 Å². The van der Waals surface area contributed by atoms with Crippen LogP contribution in [-0.4, -0.2) is 67.6 Å². The smallest absolute Gasteiger partial charge is 0.231 e. The van der Waals surface area contributed by atoms with Gasteiger partial charge in [-0.2, -0.15) is 9.97 Å². The van der Waals surface area contributed by atoms with E-state index in [4.69, 9.17) is 23.9 Å². The van der Waals surface area contributed by atoms with Gasteiger partial charge in [-0.3, -0.25) is 0 Å². The summed E-state index contributed by atoms with van der Waals surface area (Å²) in [6, 6.07) is 3.58. The summed E-state index contributed by atoms with van der Waals surface area (Å²) in [5, 5.41) is 3.21. The Balaban J connectivity index is 1.75. The van der Waals surface area contributed by atoms with E-state index in [1.807, 2.05) is 0 Å². The minimum atomic E-state index is 0.397. The highest BCUT2D eigenvalue weighted by molar-refractivity contribution is 5.84. The highest BCUT2D eigenvalue weighted by Gasteiger charge is 2.20. The van der Waals surface area contributed by atoms with Crippen LogP contribution >= 0.6 is 0 Å². The zero-order valence-corrected chi connectivity index (χ0v) is 16.5. The molecule has 0 atom stereocenters. The molecule has 0 saturated carbocycles. The van der Waals surface area contributed by atoms with Crippen molar-refractivity contribution in [1.29, 1.82) is 0 Å². The molecule has 1 N–H and O–H groups in total. The van der Waals surface area contributed by atoms with Crippen LogP contribution in [0, 0.1) is 0 Å². The predicted molar refractivity (Wildman–Crippen MR) is 108 cm³/mol. The van der Waals surface area contributed by atoms with Crippen LogP contribution < -0.4 is 24.4 Å². The molecule has 3 aromatic rings. The van der Waals surface area contributed by atoms with Crippen molar-refractivity contribution in [3.8, 4) is 17.2 Å². The fourth-order valence-corrected chi connectivity index (χ4v) is 3.18. The average molecular weight is 398 g/mol. The van der Waals surface area contributed by atoms with Crippen molar-refractivity contribution in [2.24, 2.45) is 0 Å². The topological polar surface area (TPSA) is 104 Å². The Labute approximate surface area is 167 Å². The number of methoxy groups -OCH3 is 3.